The van der Waals surface area contributed by atoms with Gasteiger partial charge >= 0.3 is 0 Å². The van der Waals surface area contributed by atoms with Gasteiger partial charge in [-0.15, -0.1) is 0 Å². The fourth-order valence-electron chi connectivity index (χ4n) is 1.01. The van der Waals surface area contributed by atoms with E-state index in [1.807, 2.05) is 12.1 Å². The predicted molar refractivity (Wildman–Crippen MR) is 55.3 cm³/mol. The molecule has 0 bridgehead atoms. The van der Waals surface area contributed by atoms with E-state index in [0.717, 1.165) is 11.3 Å². The van der Waals surface area contributed by atoms with E-state index in [9.17, 15) is 0 Å². The van der Waals surface area contributed by atoms with Gasteiger partial charge in [-0.3, -0.25) is 4.98 Å². The van der Waals surface area contributed by atoms with Gasteiger partial charge in [-0.05, 0) is 29.8 Å². The number of hydrogen-bond donors (Lipinski definition) is 1. The van der Waals surface area contributed by atoms with Crippen LogP contribution in [0.15, 0.2) is 36.8 Å². The minimum Gasteiger partial charge on any atom is -0.344 e. The van der Waals surface area contributed by atoms with Crippen molar-refractivity contribution in [1.29, 1.82) is 0 Å². The lowest BCUT2D eigenvalue weighted by Gasteiger charge is -1.98. The fourth-order valence-corrected chi connectivity index (χ4v) is 1.16. The number of aromatic nitrogens is 3. The van der Waals surface area contributed by atoms with Gasteiger partial charge < -0.3 is 6.15 Å². The Morgan fingerprint density at radius 1 is 1.14 bits per heavy atom. The molecule has 0 saturated heterocycles. The third-order valence-corrected chi connectivity index (χ3v) is 1.77. The summed E-state index contributed by atoms with van der Waals surface area (Å²) in [6.07, 6.45) is 5.07. The summed E-state index contributed by atoms with van der Waals surface area (Å²) in [4.78, 5) is 11.8. The molecule has 0 aliphatic carbocycles. The average molecular weight is 209 g/mol. The highest BCUT2D eigenvalue weighted by Crippen LogP contribution is 2.15. The highest BCUT2D eigenvalue weighted by Gasteiger charge is 1.98. The molecular weight excluding hydrogens is 200 g/mol. The normalized spacial score (nSPS) is 9.21. The summed E-state index contributed by atoms with van der Waals surface area (Å²) in [6.45, 7) is 0. The van der Waals surface area contributed by atoms with Gasteiger partial charge in [0.1, 0.15) is 0 Å². The highest BCUT2D eigenvalue weighted by atomic mass is 35.5. The Kier molecular flexibility index (Phi) is 3.50. The minimum atomic E-state index is 0. The topological polar surface area (TPSA) is 73.7 Å². The van der Waals surface area contributed by atoms with Crippen LogP contribution >= 0.6 is 11.6 Å². The molecule has 0 radical (unpaired) electrons. The summed E-state index contributed by atoms with van der Waals surface area (Å²) in [5, 5.41) is 0.251. The lowest BCUT2D eigenvalue weighted by molar-refractivity contribution is 1.17. The van der Waals surface area contributed by atoms with Crippen molar-refractivity contribution >= 4 is 11.6 Å². The van der Waals surface area contributed by atoms with Crippen LogP contribution in [0, 0.1) is 0 Å². The van der Waals surface area contributed by atoms with Crippen molar-refractivity contribution in [2.75, 3.05) is 0 Å². The first kappa shape index (κ1) is 10.6. The summed E-state index contributed by atoms with van der Waals surface area (Å²) >= 11 is 5.65. The first-order valence-corrected chi connectivity index (χ1v) is 4.13. The molecule has 0 atom stereocenters. The van der Waals surface area contributed by atoms with Crippen molar-refractivity contribution in [2.24, 2.45) is 0 Å². The molecule has 0 fully saturated rings. The molecule has 0 unspecified atom stereocenters. The molecule has 2 aromatic heterocycles. The molecule has 72 valence electrons. The largest absolute Gasteiger partial charge is 0.344 e. The van der Waals surface area contributed by atoms with Gasteiger partial charge in [-0.25, -0.2) is 9.97 Å². The molecule has 4 nitrogen and oxygen atoms in total. The zero-order chi connectivity index (χ0) is 9.10. The Hall–Kier alpha value is -1.52. The summed E-state index contributed by atoms with van der Waals surface area (Å²) in [5.74, 6) is 0. The van der Waals surface area contributed by atoms with E-state index in [4.69, 9.17) is 11.6 Å². The van der Waals surface area contributed by atoms with Crippen molar-refractivity contribution in [2.45, 2.75) is 0 Å². The van der Waals surface area contributed by atoms with Crippen molar-refractivity contribution in [3.8, 4) is 11.3 Å². The second-order valence-electron chi connectivity index (χ2n) is 2.45. The van der Waals surface area contributed by atoms with Crippen molar-refractivity contribution < 1.29 is 0 Å². The van der Waals surface area contributed by atoms with E-state index in [1.54, 1.807) is 24.7 Å². The number of pyridine rings is 1. The Bertz CT molecular complexity index is 405. The van der Waals surface area contributed by atoms with Crippen LogP contribution in [0.1, 0.15) is 0 Å². The number of rotatable bonds is 1. The number of hydrogen-bond acceptors (Lipinski definition) is 4. The smallest absolute Gasteiger partial charge is 0.222 e. The van der Waals surface area contributed by atoms with Gasteiger partial charge in [0.15, 0.2) is 0 Å². The second kappa shape index (κ2) is 4.64. The van der Waals surface area contributed by atoms with Crippen LogP contribution in [-0.4, -0.2) is 15.0 Å². The van der Waals surface area contributed by atoms with Crippen molar-refractivity contribution in [1.82, 2.24) is 21.1 Å². The maximum Gasteiger partial charge on any atom is 0.222 e. The van der Waals surface area contributed by atoms with Crippen LogP contribution in [0.2, 0.25) is 5.28 Å². The molecule has 2 aromatic rings. The van der Waals surface area contributed by atoms with Gasteiger partial charge in [-0.1, -0.05) is 0 Å². The average Bonchev–Trinajstić information content (AvgIpc) is 2.19. The SMILES string of the molecule is Clc1nccc(-c2cccnc2)n1.N. The molecule has 0 aliphatic heterocycles. The standard InChI is InChI=1S/C9H6ClN3.H3N/c10-9-12-5-3-8(13-9)7-2-1-4-11-6-7;/h1-6H;1H3. The van der Waals surface area contributed by atoms with Gasteiger partial charge in [0, 0.05) is 24.2 Å². The van der Waals surface area contributed by atoms with Crippen LogP contribution in [0.5, 0.6) is 0 Å². The van der Waals surface area contributed by atoms with Gasteiger partial charge in [0.05, 0.1) is 5.69 Å². The van der Waals surface area contributed by atoms with E-state index in [0.29, 0.717) is 0 Å². The summed E-state index contributed by atoms with van der Waals surface area (Å²) in [5.41, 5.74) is 1.72. The lowest BCUT2D eigenvalue weighted by Crippen LogP contribution is -1.86. The molecule has 2 rings (SSSR count). The quantitative estimate of drug-likeness (QED) is 0.730. The molecule has 0 amide bonds. The maximum atomic E-state index is 5.65. The summed E-state index contributed by atoms with van der Waals surface area (Å²) in [6, 6.07) is 5.57. The lowest BCUT2D eigenvalue weighted by atomic mass is 10.2. The van der Waals surface area contributed by atoms with Crippen LogP contribution in [0.4, 0.5) is 0 Å². The Labute approximate surface area is 86.6 Å². The Morgan fingerprint density at radius 3 is 2.64 bits per heavy atom. The molecule has 5 heteroatoms. The van der Waals surface area contributed by atoms with Crippen LogP contribution in [0.3, 0.4) is 0 Å². The summed E-state index contributed by atoms with van der Waals surface area (Å²) in [7, 11) is 0. The zero-order valence-electron chi connectivity index (χ0n) is 7.39. The third kappa shape index (κ3) is 2.25. The van der Waals surface area contributed by atoms with Gasteiger partial charge in [-0.2, -0.15) is 0 Å². The second-order valence-corrected chi connectivity index (χ2v) is 2.79. The minimum absolute atomic E-state index is 0. The van der Waals surface area contributed by atoms with Crippen LogP contribution in [-0.2, 0) is 0 Å². The Morgan fingerprint density at radius 2 is 2.00 bits per heavy atom. The zero-order valence-corrected chi connectivity index (χ0v) is 8.15. The predicted octanol–water partition coefficient (Wildman–Crippen LogP) is 2.35. The van der Waals surface area contributed by atoms with Crippen LogP contribution < -0.4 is 6.15 Å². The molecule has 0 spiro atoms. The van der Waals surface area contributed by atoms with E-state index >= 15 is 0 Å². The molecule has 0 aromatic carbocycles. The molecule has 2 heterocycles. The van der Waals surface area contributed by atoms with Crippen LogP contribution in [0.25, 0.3) is 11.3 Å². The highest BCUT2D eigenvalue weighted by molar-refractivity contribution is 6.28. The van der Waals surface area contributed by atoms with E-state index in [-0.39, 0.29) is 11.4 Å². The third-order valence-electron chi connectivity index (χ3n) is 1.58. The molecule has 3 N–H and O–H groups in total. The fraction of sp³-hybridized carbons (Fsp3) is 0. The molecule has 14 heavy (non-hydrogen) atoms. The van der Waals surface area contributed by atoms with E-state index < -0.39 is 0 Å². The number of nitrogens with zero attached hydrogens (tertiary/aromatic N) is 3. The first-order chi connectivity index (χ1) is 6.36. The van der Waals surface area contributed by atoms with E-state index in [2.05, 4.69) is 15.0 Å². The molecule has 0 saturated carbocycles. The monoisotopic (exact) mass is 208 g/mol. The van der Waals surface area contributed by atoms with E-state index in [1.165, 1.54) is 0 Å². The number of halogens is 1. The Balaban J connectivity index is 0.000000980. The maximum absolute atomic E-state index is 5.65. The summed E-state index contributed by atoms with van der Waals surface area (Å²) < 4.78 is 0. The molecular formula is C9H9ClN4. The van der Waals surface area contributed by atoms with Gasteiger partial charge in [0.25, 0.3) is 0 Å². The van der Waals surface area contributed by atoms with Gasteiger partial charge in [0.2, 0.25) is 5.28 Å². The van der Waals surface area contributed by atoms with Crippen molar-refractivity contribution in [3.63, 3.8) is 0 Å². The first-order valence-electron chi connectivity index (χ1n) is 3.75. The van der Waals surface area contributed by atoms with Crippen molar-refractivity contribution in [3.05, 3.63) is 42.1 Å². The molecule has 0 aliphatic rings.